The van der Waals surface area contributed by atoms with Crippen LogP contribution >= 0.6 is 0 Å². The van der Waals surface area contributed by atoms with Crippen LogP contribution in [-0.2, 0) is 4.79 Å². The zero-order valence-corrected chi connectivity index (χ0v) is 12.0. The lowest BCUT2D eigenvalue weighted by atomic mass is 10.2. The smallest absolute Gasteiger partial charge is 0.242 e. The highest BCUT2D eigenvalue weighted by Crippen LogP contribution is 2.17. The first-order chi connectivity index (χ1) is 9.17. The van der Waals surface area contributed by atoms with Crippen LogP contribution in [0.2, 0.25) is 0 Å². The summed E-state index contributed by atoms with van der Waals surface area (Å²) in [5, 5.41) is 6.09. The number of carbonyl (C=O) groups excluding carboxylic acids is 1. The second-order valence-electron chi connectivity index (χ2n) is 4.47. The minimum Gasteiger partial charge on any atom is -0.494 e. The second-order valence-corrected chi connectivity index (χ2v) is 4.47. The van der Waals surface area contributed by atoms with Crippen LogP contribution in [0.4, 0.5) is 5.69 Å². The third-order valence-electron chi connectivity index (χ3n) is 2.75. The number of rotatable bonds is 8. The van der Waals surface area contributed by atoms with E-state index in [0.29, 0.717) is 6.61 Å². The summed E-state index contributed by atoms with van der Waals surface area (Å²) >= 11 is 0. The van der Waals surface area contributed by atoms with Gasteiger partial charge in [0.15, 0.2) is 0 Å². The summed E-state index contributed by atoms with van der Waals surface area (Å²) in [6.45, 7) is 7.28. The average molecular weight is 264 g/mol. The van der Waals surface area contributed by atoms with Crippen molar-refractivity contribution < 1.29 is 9.53 Å². The fourth-order valence-electron chi connectivity index (χ4n) is 1.70. The van der Waals surface area contributed by atoms with E-state index in [1.807, 2.05) is 38.1 Å². The molecule has 0 aliphatic rings. The van der Waals surface area contributed by atoms with Crippen LogP contribution in [0.15, 0.2) is 24.3 Å². The van der Waals surface area contributed by atoms with E-state index in [0.717, 1.165) is 30.8 Å². The van der Waals surface area contributed by atoms with Gasteiger partial charge < -0.3 is 15.4 Å². The van der Waals surface area contributed by atoms with E-state index < -0.39 is 0 Å². The summed E-state index contributed by atoms with van der Waals surface area (Å²) in [5.74, 6) is 0.835. The van der Waals surface area contributed by atoms with Crippen molar-refractivity contribution in [2.45, 2.75) is 39.7 Å². The number of anilines is 1. The Morgan fingerprint density at radius 2 is 2.16 bits per heavy atom. The van der Waals surface area contributed by atoms with Gasteiger partial charge in [-0.05, 0) is 32.4 Å². The Bertz CT molecular complexity index is 393. The predicted octanol–water partition coefficient (Wildman–Crippen LogP) is 2.80. The summed E-state index contributed by atoms with van der Waals surface area (Å²) in [6.07, 6.45) is 2.09. The molecule has 106 valence electrons. The van der Waals surface area contributed by atoms with Crippen molar-refractivity contribution in [3.63, 3.8) is 0 Å². The van der Waals surface area contributed by atoms with Crippen molar-refractivity contribution in [3.05, 3.63) is 24.3 Å². The maximum atomic E-state index is 11.8. The summed E-state index contributed by atoms with van der Waals surface area (Å²) in [5.41, 5.74) is 0.893. The van der Waals surface area contributed by atoms with Crippen molar-refractivity contribution in [3.8, 4) is 5.75 Å². The molecular formula is C15H24N2O2. The first-order valence-electron chi connectivity index (χ1n) is 6.94. The number of benzene rings is 1. The lowest BCUT2D eigenvalue weighted by Gasteiger charge is -2.15. The number of unbranched alkanes of at least 4 members (excludes halogenated alkanes) is 1. The normalized spacial score (nSPS) is 11.7. The van der Waals surface area contributed by atoms with Crippen molar-refractivity contribution in [2.24, 2.45) is 0 Å². The highest BCUT2D eigenvalue weighted by molar-refractivity contribution is 5.84. The van der Waals surface area contributed by atoms with E-state index in [2.05, 4.69) is 17.6 Å². The van der Waals surface area contributed by atoms with Crippen molar-refractivity contribution in [1.29, 1.82) is 0 Å². The zero-order valence-electron chi connectivity index (χ0n) is 12.0. The van der Waals surface area contributed by atoms with E-state index in [1.165, 1.54) is 0 Å². The van der Waals surface area contributed by atoms with E-state index in [1.54, 1.807) is 0 Å². The number of ether oxygens (including phenoxy) is 1. The van der Waals surface area contributed by atoms with Crippen LogP contribution < -0.4 is 15.4 Å². The maximum Gasteiger partial charge on any atom is 0.242 e. The standard InChI is InChI=1S/C15H24N2O2/c1-4-6-10-16-15(18)12(3)17-13-8-7-9-14(11-13)19-5-2/h7-9,11-12,17H,4-6,10H2,1-3H3,(H,16,18). The summed E-state index contributed by atoms with van der Waals surface area (Å²) in [7, 11) is 0. The number of amides is 1. The van der Waals surface area contributed by atoms with E-state index in [-0.39, 0.29) is 11.9 Å². The SMILES string of the molecule is CCCCNC(=O)C(C)Nc1cccc(OCC)c1. The molecule has 4 nitrogen and oxygen atoms in total. The molecule has 1 aromatic rings. The quantitative estimate of drug-likeness (QED) is 0.710. The van der Waals surface area contributed by atoms with Gasteiger partial charge in [0.25, 0.3) is 0 Å². The number of carbonyl (C=O) groups is 1. The summed E-state index contributed by atoms with van der Waals surface area (Å²) in [4.78, 5) is 11.8. The Balaban J connectivity index is 2.48. The van der Waals surface area contributed by atoms with Crippen LogP contribution in [0.3, 0.4) is 0 Å². The predicted molar refractivity (Wildman–Crippen MR) is 78.6 cm³/mol. The van der Waals surface area contributed by atoms with Crippen LogP contribution in [-0.4, -0.2) is 25.1 Å². The Morgan fingerprint density at radius 3 is 2.84 bits per heavy atom. The van der Waals surface area contributed by atoms with Gasteiger partial charge in [-0.15, -0.1) is 0 Å². The Hall–Kier alpha value is -1.71. The minimum atomic E-state index is -0.256. The fraction of sp³-hybridized carbons (Fsp3) is 0.533. The molecule has 0 aromatic heterocycles. The largest absolute Gasteiger partial charge is 0.494 e. The van der Waals surface area contributed by atoms with Crippen LogP contribution in [0.1, 0.15) is 33.6 Å². The van der Waals surface area contributed by atoms with E-state index in [4.69, 9.17) is 4.74 Å². The number of hydrogen-bond acceptors (Lipinski definition) is 3. The first kappa shape index (κ1) is 15.3. The van der Waals surface area contributed by atoms with Gasteiger partial charge in [0.05, 0.1) is 6.61 Å². The molecule has 0 radical (unpaired) electrons. The van der Waals surface area contributed by atoms with Gasteiger partial charge in [0, 0.05) is 18.3 Å². The molecule has 0 fully saturated rings. The third-order valence-corrected chi connectivity index (χ3v) is 2.75. The Labute approximate surface area is 115 Å². The highest BCUT2D eigenvalue weighted by Gasteiger charge is 2.11. The molecule has 1 aromatic carbocycles. The maximum absolute atomic E-state index is 11.8. The van der Waals surface area contributed by atoms with Gasteiger partial charge in [-0.2, -0.15) is 0 Å². The second kappa shape index (κ2) is 8.40. The monoisotopic (exact) mass is 264 g/mol. The van der Waals surface area contributed by atoms with Gasteiger partial charge in [-0.3, -0.25) is 4.79 Å². The molecular weight excluding hydrogens is 240 g/mol. The molecule has 1 unspecified atom stereocenters. The van der Waals surface area contributed by atoms with Crippen molar-refractivity contribution in [1.82, 2.24) is 5.32 Å². The van der Waals surface area contributed by atoms with Crippen LogP contribution in [0.5, 0.6) is 5.75 Å². The summed E-state index contributed by atoms with van der Waals surface area (Å²) < 4.78 is 5.43. The van der Waals surface area contributed by atoms with E-state index in [9.17, 15) is 4.79 Å². The third kappa shape index (κ3) is 5.64. The molecule has 0 aliphatic carbocycles. The van der Waals surface area contributed by atoms with Crippen molar-refractivity contribution >= 4 is 11.6 Å². The molecule has 0 spiro atoms. The van der Waals surface area contributed by atoms with Gasteiger partial charge >= 0.3 is 0 Å². The first-order valence-corrected chi connectivity index (χ1v) is 6.94. The molecule has 4 heteroatoms. The zero-order chi connectivity index (χ0) is 14.1. The Kier molecular flexibility index (Phi) is 6.79. The highest BCUT2D eigenvalue weighted by atomic mass is 16.5. The van der Waals surface area contributed by atoms with Gasteiger partial charge in [-0.25, -0.2) is 0 Å². The lowest BCUT2D eigenvalue weighted by Crippen LogP contribution is -2.37. The molecule has 0 aliphatic heterocycles. The van der Waals surface area contributed by atoms with Crippen LogP contribution in [0, 0.1) is 0 Å². The minimum absolute atomic E-state index is 0.0234. The average Bonchev–Trinajstić information content (AvgIpc) is 2.39. The van der Waals surface area contributed by atoms with Gasteiger partial charge in [0.2, 0.25) is 5.91 Å². The molecule has 1 amide bonds. The molecule has 0 heterocycles. The molecule has 1 rings (SSSR count). The summed E-state index contributed by atoms with van der Waals surface area (Å²) in [6, 6.07) is 7.39. The Morgan fingerprint density at radius 1 is 1.37 bits per heavy atom. The lowest BCUT2D eigenvalue weighted by molar-refractivity contribution is -0.121. The molecule has 0 bridgehead atoms. The van der Waals surface area contributed by atoms with Crippen LogP contribution in [0.25, 0.3) is 0 Å². The van der Waals surface area contributed by atoms with E-state index >= 15 is 0 Å². The molecule has 1 atom stereocenters. The molecule has 2 N–H and O–H groups in total. The number of hydrogen-bond donors (Lipinski definition) is 2. The number of nitrogens with one attached hydrogen (secondary N) is 2. The van der Waals surface area contributed by atoms with Crippen molar-refractivity contribution in [2.75, 3.05) is 18.5 Å². The fourth-order valence-corrected chi connectivity index (χ4v) is 1.70. The molecule has 19 heavy (non-hydrogen) atoms. The van der Waals surface area contributed by atoms with Gasteiger partial charge in [0.1, 0.15) is 11.8 Å². The molecule has 0 saturated carbocycles. The topological polar surface area (TPSA) is 50.4 Å². The van der Waals surface area contributed by atoms with Gasteiger partial charge in [-0.1, -0.05) is 19.4 Å². The molecule has 0 saturated heterocycles.